The lowest BCUT2D eigenvalue weighted by atomic mass is 10.1. The van der Waals surface area contributed by atoms with Gasteiger partial charge in [-0.15, -0.1) is 11.3 Å². The van der Waals surface area contributed by atoms with Crippen LogP contribution in [0.4, 0.5) is 5.69 Å². The van der Waals surface area contributed by atoms with Crippen LogP contribution in [0, 0.1) is 5.92 Å². The predicted octanol–water partition coefficient (Wildman–Crippen LogP) is 3.50. The van der Waals surface area contributed by atoms with Crippen LogP contribution in [0.3, 0.4) is 0 Å². The van der Waals surface area contributed by atoms with Crippen LogP contribution in [-0.4, -0.2) is 55.6 Å². The van der Waals surface area contributed by atoms with Gasteiger partial charge in [0.2, 0.25) is 21.8 Å². The molecular weight excluding hydrogens is 446 g/mol. The van der Waals surface area contributed by atoms with E-state index in [0.29, 0.717) is 25.3 Å². The highest BCUT2D eigenvalue weighted by Gasteiger charge is 2.40. The van der Waals surface area contributed by atoms with E-state index in [1.807, 2.05) is 16.3 Å². The van der Waals surface area contributed by atoms with E-state index in [0.717, 1.165) is 19.4 Å². The molecule has 1 aromatic heterocycles. The van der Waals surface area contributed by atoms with Crippen LogP contribution in [0.1, 0.15) is 44.0 Å². The first-order valence-corrected chi connectivity index (χ1v) is 13.4. The fourth-order valence-corrected chi connectivity index (χ4v) is 7.01. The highest BCUT2D eigenvalue weighted by atomic mass is 32.2. The minimum atomic E-state index is -3.55. The van der Waals surface area contributed by atoms with E-state index >= 15 is 0 Å². The van der Waals surface area contributed by atoms with Gasteiger partial charge in [-0.3, -0.25) is 9.59 Å². The highest BCUT2D eigenvalue weighted by molar-refractivity contribution is 7.89. The molecule has 172 valence electrons. The van der Waals surface area contributed by atoms with Gasteiger partial charge in [0.25, 0.3) is 0 Å². The van der Waals surface area contributed by atoms with Gasteiger partial charge < -0.3 is 9.80 Å². The summed E-state index contributed by atoms with van der Waals surface area (Å²) in [6, 6.07) is 10.6. The molecule has 2 saturated heterocycles. The Morgan fingerprint density at radius 1 is 1.16 bits per heavy atom. The lowest BCUT2D eigenvalue weighted by Gasteiger charge is -2.26. The van der Waals surface area contributed by atoms with Crippen molar-refractivity contribution in [2.75, 3.05) is 31.1 Å². The molecule has 0 N–H and O–H groups in total. The van der Waals surface area contributed by atoms with Gasteiger partial charge in [-0.2, -0.15) is 4.31 Å². The number of hydrogen-bond acceptors (Lipinski definition) is 5. The number of nitrogens with zero attached hydrogens (tertiary/aromatic N) is 3. The number of hydrogen-bond donors (Lipinski definition) is 0. The van der Waals surface area contributed by atoms with Gasteiger partial charge in [0.1, 0.15) is 0 Å². The quantitative estimate of drug-likeness (QED) is 0.614. The molecular formula is C23H29N3O4S2. The minimum Gasteiger partial charge on any atom is -0.335 e. The Labute approximate surface area is 193 Å². The van der Waals surface area contributed by atoms with Crippen molar-refractivity contribution in [1.82, 2.24) is 9.21 Å². The Hall–Kier alpha value is -2.23. The zero-order valence-corrected chi connectivity index (χ0v) is 20.1. The van der Waals surface area contributed by atoms with Gasteiger partial charge in [-0.1, -0.05) is 19.9 Å². The summed E-state index contributed by atoms with van der Waals surface area (Å²) in [6.07, 6.45) is 2.12. The van der Waals surface area contributed by atoms with Gasteiger partial charge in [0.15, 0.2) is 0 Å². The normalized spacial score (nSPS) is 21.7. The summed E-state index contributed by atoms with van der Waals surface area (Å²) in [5.41, 5.74) is 0.625. The second-order valence-corrected chi connectivity index (χ2v) is 11.1. The Balaban J connectivity index is 1.47. The third-order valence-corrected chi connectivity index (χ3v) is 9.41. The predicted molar refractivity (Wildman–Crippen MR) is 125 cm³/mol. The molecule has 2 aliphatic heterocycles. The van der Waals surface area contributed by atoms with Crippen LogP contribution < -0.4 is 4.90 Å². The smallest absolute Gasteiger partial charge is 0.243 e. The van der Waals surface area contributed by atoms with E-state index in [4.69, 9.17) is 0 Å². The number of benzene rings is 1. The SMILES string of the molecule is CCN(CC)S(=O)(=O)c1ccc(N2C[C@H](C(=O)N3CCC[C@@H]3c3cccs3)CC2=O)cc1. The summed E-state index contributed by atoms with van der Waals surface area (Å²) in [5.74, 6) is -0.436. The number of rotatable bonds is 7. The number of thiophene rings is 1. The van der Waals surface area contributed by atoms with Crippen molar-refractivity contribution >= 4 is 38.9 Å². The zero-order chi connectivity index (χ0) is 22.9. The molecule has 2 amide bonds. The molecule has 0 unspecified atom stereocenters. The Morgan fingerprint density at radius 3 is 2.50 bits per heavy atom. The van der Waals surface area contributed by atoms with Crippen LogP contribution >= 0.6 is 11.3 Å². The average molecular weight is 476 g/mol. The van der Waals surface area contributed by atoms with Crippen molar-refractivity contribution in [3.8, 4) is 0 Å². The molecule has 32 heavy (non-hydrogen) atoms. The molecule has 3 heterocycles. The van der Waals surface area contributed by atoms with Crippen LogP contribution in [0.15, 0.2) is 46.7 Å². The lowest BCUT2D eigenvalue weighted by molar-refractivity contribution is -0.136. The number of anilines is 1. The molecule has 9 heteroatoms. The van der Waals surface area contributed by atoms with E-state index in [-0.39, 0.29) is 35.1 Å². The van der Waals surface area contributed by atoms with E-state index in [1.54, 1.807) is 54.3 Å². The molecule has 0 bridgehead atoms. The summed E-state index contributed by atoms with van der Waals surface area (Å²) in [7, 11) is -3.55. The van der Waals surface area contributed by atoms with Crippen LogP contribution in [-0.2, 0) is 19.6 Å². The summed E-state index contributed by atoms with van der Waals surface area (Å²) >= 11 is 1.67. The molecule has 0 aliphatic carbocycles. The van der Waals surface area contributed by atoms with Gasteiger partial charge in [0.05, 0.1) is 16.9 Å². The minimum absolute atomic E-state index is 0.0393. The fraction of sp³-hybridized carbons (Fsp3) is 0.478. The van der Waals surface area contributed by atoms with Crippen molar-refractivity contribution in [1.29, 1.82) is 0 Å². The van der Waals surface area contributed by atoms with Gasteiger partial charge >= 0.3 is 0 Å². The summed E-state index contributed by atoms with van der Waals surface area (Å²) < 4.78 is 26.8. The molecule has 2 atom stereocenters. The topological polar surface area (TPSA) is 78.0 Å². The second-order valence-electron chi connectivity index (χ2n) is 8.19. The monoisotopic (exact) mass is 475 g/mol. The van der Waals surface area contributed by atoms with Crippen LogP contribution in [0.2, 0.25) is 0 Å². The van der Waals surface area contributed by atoms with Crippen LogP contribution in [0.5, 0.6) is 0 Å². The number of amides is 2. The first kappa shape index (κ1) is 22.9. The maximum Gasteiger partial charge on any atom is 0.243 e. The van der Waals surface area contributed by atoms with E-state index in [1.165, 1.54) is 9.18 Å². The molecule has 0 spiro atoms. The lowest BCUT2D eigenvalue weighted by Crippen LogP contribution is -2.36. The first-order chi connectivity index (χ1) is 15.4. The van der Waals surface area contributed by atoms with Crippen LogP contribution in [0.25, 0.3) is 0 Å². The maximum absolute atomic E-state index is 13.3. The number of likely N-dealkylation sites (tertiary alicyclic amines) is 1. The molecule has 4 rings (SSSR count). The van der Waals surface area contributed by atoms with Gasteiger partial charge in [-0.05, 0) is 48.6 Å². The number of sulfonamides is 1. The van der Waals surface area contributed by atoms with Crippen molar-refractivity contribution in [3.05, 3.63) is 46.7 Å². The van der Waals surface area contributed by atoms with Crippen molar-refractivity contribution in [3.63, 3.8) is 0 Å². The van der Waals surface area contributed by atoms with Crippen molar-refractivity contribution < 1.29 is 18.0 Å². The van der Waals surface area contributed by atoms with Gasteiger partial charge in [0, 0.05) is 43.2 Å². The molecule has 2 aliphatic rings. The highest BCUT2D eigenvalue weighted by Crippen LogP contribution is 2.37. The Kier molecular flexibility index (Phi) is 6.69. The average Bonchev–Trinajstić information content (AvgIpc) is 3.54. The summed E-state index contributed by atoms with van der Waals surface area (Å²) in [4.78, 5) is 30.9. The summed E-state index contributed by atoms with van der Waals surface area (Å²) in [5, 5.41) is 2.03. The molecule has 0 saturated carbocycles. The van der Waals surface area contributed by atoms with E-state index < -0.39 is 10.0 Å². The van der Waals surface area contributed by atoms with E-state index in [2.05, 4.69) is 6.07 Å². The molecule has 0 radical (unpaired) electrons. The zero-order valence-electron chi connectivity index (χ0n) is 18.4. The standard InChI is InChI=1S/C23H29N3O4S2/c1-3-24(4-2)32(29,30)19-11-9-18(10-12-19)26-16-17(15-22(26)27)23(28)25-13-5-7-20(25)21-8-6-14-31-21/h6,8-12,14,17,20H,3-5,7,13,15-16H2,1-2H3/t17-,20-/m1/s1. The fourth-order valence-electron chi connectivity index (χ4n) is 4.67. The van der Waals surface area contributed by atoms with Crippen molar-refractivity contribution in [2.24, 2.45) is 5.92 Å². The largest absolute Gasteiger partial charge is 0.335 e. The van der Waals surface area contributed by atoms with Gasteiger partial charge in [-0.25, -0.2) is 8.42 Å². The molecule has 2 aromatic rings. The Morgan fingerprint density at radius 2 is 1.88 bits per heavy atom. The Bertz CT molecular complexity index is 1060. The summed E-state index contributed by atoms with van der Waals surface area (Å²) in [6.45, 7) is 5.46. The molecule has 2 fully saturated rings. The molecule has 1 aromatic carbocycles. The number of carbonyl (C=O) groups excluding carboxylic acids is 2. The molecule has 7 nitrogen and oxygen atoms in total. The van der Waals surface area contributed by atoms with Crippen molar-refractivity contribution in [2.45, 2.75) is 44.0 Å². The maximum atomic E-state index is 13.3. The van der Waals surface area contributed by atoms with E-state index in [9.17, 15) is 18.0 Å². The number of carbonyl (C=O) groups is 2. The second kappa shape index (κ2) is 9.33. The first-order valence-electron chi connectivity index (χ1n) is 11.1. The third kappa shape index (κ3) is 4.21. The third-order valence-electron chi connectivity index (χ3n) is 6.37.